The van der Waals surface area contributed by atoms with Gasteiger partial charge in [-0.2, -0.15) is 0 Å². The Hall–Kier alpha value is -2.56. The van der Waals surface area contributed by atoms with Crippen LogP contribution in [0, 0.1) is 5.92 Å². The lowest BCUT2D eigenvalue weighted by atomic mass is 10.1. The fraction of sp³-hybridized carbons (Fsp3) is 0.200. The van der Waals surface area contributed by atoms with Crippen LogP contribution < -0.4 is 5.32 Å². The van der Waals surface area contributed by atoms with Crippen molar-refractivity contribution >= 4 is 22.8 Å². The zero-order chi connectivity index (χ0) is 14.1. The average molecular weight is 270 g/mol. The number of H-pyrrole nitrogens is 1. The molecule has 1 aliphatic rings. The van der Waals surface area contributed by atoms with E-state index < -0.39 is 11.9 Å². The minimum Gasteiger partial charge on any atom is -0.481 e. The van der Waals surface area contributed by atoms with Gasteiger partial charge in [0, 0.05) is 16.9 Å². The highest BCUT2D eigenvalue weighted by Gasteiger charge is 2.25. The number of aromatic amines is 1. The van der Waals surface area contributed by atoms with Gasteiger partial charge in [-0.25, -0.2) is 0 Å². The molecule has 3 rings (SSSR count). The lowest BCUT2D eigenvalue weighted by Crippen LogP contribution is -2.33. The van der Waals surface area contributed by atoms with Crippen LogP contribution in [0.2, 0.25) is 0 Å². The second-order valence-corrected chi connectivity index (χ2v) is 4.92. The molecule has 0 saturated carbocycles. The molecule has 20 heavy (non-hydrogen) atoms. The second kappa shape index (κ2) is 4.85. The van der Waals surface area contributed by atoms with Crippen molar-refractivity contribution < 1.29 is 14.7 Å². The maximum atomic E-state index is 12.1. The molecule has 102 valence electrons. The third-order valence-electron chi connectivity index (χ3n) is 3.49. The number of carboxylic acid groups (broad SMARTS) is 1. The highest BCUT2D eigenvalue weighted by Crippen LogP contribution is 2.19. The highest BCUT2D eigenvalue weighted by atomic mass is 16.4. The number of amides is 1. The molecular weight excluding hydrogens is 256 g/mol. The molecule has 1 aromatic heterocycles. The number of hydrogen-bond donors (Lipinski definition) is 3. The first-order valence-electron chi connectivity index (χ1n) is 6.43. The van der Waals surface area contributed by atoms with Gasteiger partial charge in [-0.1, -0.05) is 30.4 Å². The van der Waals surface area contributed by atoms with Gasteiger partial charge >= 0.3 is 5.97 Å². The van der Waals surface area contributed by atoms with E-state index in [0.717, 1.165) is 10.9 Å². The fourth-order valence-corrected chi connectivity index (χ4v) is 2.43. The molecule has 3 N–H and O–H groups in total. The Morgan fingerprint density at radius 1 is 1.25 bits per heavy atom. The standard InChI is InChI=1S/C15H14N2O3/c18-14(16-11-6-5-10(7-11)15(19)20)13-8-9-3-1-2-4-12(9)17-13/h1-6,8,10-11,17H,7H2,(H,16,18)(H,19,20). The Morgan fingerprint density at radius 2 is 2.05 bits per heavy atom. The van der Waals surface area contributed by atoms with Gasteiger partial charge in [0.1, 0.15) is 5.69 Å². The molecule has 5 heteroatoms. The first-order valence-corrected chi connectivity index (χ1v) is 6.43. The van der Waals surface area contributed by atoms with E-state index in [9.17, 15) is 9.59 Å². The number of aromatic nitrogens is 1. The molecule has 0 spiro atoms. The van der Waals surface area contributed by atoms with Gasteiger partial charge in [0.2, 0.25) is 0 Å². The van der Waals surface area contributed by atoms with Gasteiger partial charge in [0.15, 0.2) is 0 Å². The van der Waals surface area contributed by atoms with Crippen LogP contribution in [0.15, 0.2) is 42.5 Å². The van der Waals surface area contributed by atoms with E-state index in [0.29, 0.717) is 12.1 Å². The van der Waals surface area contributed by atoms with Gasteiger partial charge in [-0.15, -0.1) is 0 Å². The molecule has 5 nitrogen and oxygen atoms in total. The number of aliphatic carboxylic acids is 1. The summed E-state index contributed by atoms with van der Waals surface area (Å²) in [5.41, 5.74) is 1.39. The maximum absolute atomic E-state index is 12.1. The number of fused-ring (bicyclic) bond motifs is 1. The molecule has 1 aliphatic carbocycles. The Kier molecular flexibility index (Phi) is 3.02. The summed E-state index contributed by atoms with van der Waals surface area (Å²) in [6.45, 7) is 0. The topological polar surface area (TPSA) is 82.2 Å². The summed E-state index contributed by atoms with van der Waals surface area (Å²) in [6, 6.07) is 9.21. The minimum atomic E-state index is -0.858. The number of benzene rings is 1. The number of carboxylic acids is 1. The molecule has 2 aromatic rings. The Bertz CT molecular complexity index is 669. The molecule has 0 fully saturated rings. The van der Waals surface area contributed by atoms with Gasteiger partial charge in [-0.05, 0) is 18.6 Å². The minimum absolute atomic E-state index is 0.220. The van der Waals surface area contributed by atoms with Crippen molar-refractivity contribution in [2.24, 2.45) is 5.92 Å². The maximum Gasteiger partial charge on any atom is 0.310 e. The second-order valence-electron chi connectivity index (χ2n) is 4.92. The van der Waals surface area contributed by atoms with Crippen LogP contribution in [-0.2, 0) is 4.79 Å². The van der Waals surface area contributed by atoms with Crippen LogP contribution in [0.3, 0.4) is 0 Å². The SMILES string of the molecule is O=C(NC1C=CC(C(=O)O)C1)c1cc2ccccc2[nH]1. The van der Waals surface area contributed by atoms with Gasteiger partial charge < -0.3 is 15.4 Å². The largest absolute Gasteiger partial charge is 0.481 e. The van der Waals surface area contributed by atoms with E-state index in [1.165, 1.54) is 0 Å². The van der Waals surface area contributed by atoms with E-state index >= 15 is 0 Å². The summed E-state index contributed by atoms with van der Waals surface area (Å²) < 4.78 is 0. The van der Waals surface area contributed by atoms with Crippen LogP contribution >= 0.6 is 0 Å². The van der Waals surface area contributed by atoms with E-state index in [1.54, 1.807) is 18.2 Å². The van der Waals surface area contributed by atoms with Crippen molar-refractivity contribution in [2.45, 2.75) is 12.5 Å². The monoisotopic (exact) mass is 270 g/mol. The summed E-state index contributed by atoms with van der Waals surface area (Å²) >= 11 is 0. The smallest absolute Gasteiger partial charge is 0.310 e. The number of hydrogen-bond acceptors (Lipinski definition) is 2. The summed E-state index contributed by atoms with van der Waals surface area (Å²) in [4.78, 5) is 26.0. The van der Waals surface area contributed by atoms with Gasteiger partial charge in [0.25, 0.3) is 5.91 Å². The number of carbonyl (C=O) groups is 2. The highest BCUT2D eigenvalue weighted by molar-refractivity contribution is 5.98. The summed E-state index contributed by atoms with van der Waals surface area (Å²) in [7, 11) is 0. The van der Waals surface area contributed by atoms with Crippen LogP contribution in [0.25, 0.3) is 10.9 Å². The van der Waals surface area contributed by atoms with E-state index in [2.05, 4.69) is 10.3 Å². The summed E-state index contributed by atoms with van der Waals surface area (Å²) in [5.74, 6) is -1.59. The fourth-order valence-electron chi connectivity index (χ4n) is 2.43. The zero-order valence-corrected chi connectivity index (χ0v) is 10.7. The summed E-state index contributed by atoms with van der Waals surface area (Å²) in [5, 5.41) is 12.7. The van der Waals surface area contributed by atoms with Crippen molar-refractivity contribution in [1.29, 1.82) is 0 Å². The van der Waals surface area contributed by atoms with E-state index in [4.69, 9.17) is 5.11 Å². The molecule has 0 aliphatic heterocycles. The Labute approximate surface area is 115 Å². The number of para-hydroxylation sites is 1. The quantitative estimate of drug-likeness (QED) is 0.745. The third-order valence-corrected chi connectivity index (χ3v) is 3.49. The van der Waals surface area contributed by atoms with Crippen molar-refractivity contribution in [2.75, 3.05) is 0 Å². The van der Waals surface area contributed by atoms with Crippen LogP contribution in [0.5, 0.6) is 0 Å². The molecule has 0 saturated heterocycles. The predicted molar refractivity (Wildman–Crippen MR) is 74.4 cm³/mol. The van der Waals surface area contributed by atoms with Crippen molar-refractivity contribution in [3.8, 4) is 0 Å². The number of carbonyl (C=O) groups excluding carboxylic acids is 1. The van der Waals surface area contributed by atoms with Crippen molar-refractivity contribution in [3.05, 3.63) is 48.2 Å². The average Bonchev–Trinajstić information content (AvgIpc) is 3.04. The van der Waals surface area contributed by atoms with Gasteiger partial charge in [0.05, 0.1) is 5.92 Å². The lowest BCUT2D eigenvalue weighted by molar-refractivity contribution is -0.140. The zero-order valence-electron chi connectivity index (χ0n) is 10.7. The predicted octanol–water partition coefficient (Wildman–Crippen LogP) is 1.93. The number of nitrogens with one attached hydrogen (secondary N) is 2. The van der Waals surface area contributed by atoms with Crippen LogP contribution in [0.4, 0.5) is 0 Å². The van der Waals surface area contributed by atoms with Crippen LogP contribution in [0.1, 0.15) is 16.9 Å². The summed E-state index contributed by atoms with van der Waals surface area (Å²) in [6.07, 6.45) is 3.76. The van der Waals surface area contributed by atoms with Crippen molar-refractivity contribution in [3.63, 3.8) is 0 Å². The van der Waals surface area contributed by atoms with Crippen LogP contribution in [-0.4, -0.2) is 28.0 Å². The Balaban J connectivity index is 1.71. The molecule has 0 bridgehead atoms. The normalized spacial score (nSPS) is 21.2. The molecular formula is C15H14N2O3. The molecule has 2 atom stereocenters. The first kappa shape index (κ1) is 12.5. The van der Waals surface area contributed by atoms with E-state index in [-0.39, 0.29) is 11.9 Å². The molecule has 1 aromatic carbocycles. The number of rotatable bonds is 3. The molecule has 1 amide bonds. The first-order chi connectivity index (χ1) is 9.63. The molecule has 2 unspecified atom stereocenters. The van der Waals surface area contributed by atoms with Crippen molar-refractivity contribution in [1.82, 2.24) is 10.3 Å². The molecule has 0 radical (unpaired) electrons. The van der Waals surface area contributed by atoms with Gasteiger partial charge in [-0.3, -0.25) is 9.59 Å². The Morgan fingerprint density at radius 3 is 2.75 bits per heavy atom. The lowest BCUT2D eigenvalue weighted by Gasteiger charge is -2.11. The molecule has 1 heterocycles. The van der Waals surface area contributed by atoms with E-state index in [1.807, 2.05) is 24.3 Å². The third kappa shape index (κ3) is 2.30.